The number of rotatable bonds is 6. The van der Waals surface area contributed by atoms with Crippen LogP contribution in [0.4, 0.5) is 0 Å². The number of H-pyrrole nitrogens is 1. The average Bonchev–Trinajstić information content (AvgIpc) is 3.58. The Morgan fingerprint density at radius 1 is 1.07 bits per heavy atom. The van der Waals surface area contributed by atoms with Crippen LogP contribution < -0.4 is 10.6 Å². The number of nitrogens with one attached hydrogen (secondary N) is 3. The molecule has 5 rings (SSSR count). The molecule has 0 saturated heterocycles. The number of amides is 3. The second-order valence-electron chi connectivity index (χ2n) is 11.4. The molecule has 11 nitrogen and oxygen atoms in total. The minimum atomic E-state index is -0.703. The Morgan fingerprint density at radius 2 is 1.86 bits per heavy atom. The summed E-state index contributed by atoms with van der Waals surface area (Å²) in [5.41, 5.74) is 2.53. The van der Waals surface area contributed by atoms with Crippen LogP contribution in [0.1, 0.15) is 62.2 Å². The summed E-state index contributed by atoms with van der Waals surface area (Å²) in [7, 11) is 0. The number of hydrogen-bond donors (Lipinski definition) is 3. The number of benzene rings is 2. The summed E-state index contributed by atoms with van der Waals surface area (Å²) in [6.07, 6.45) is 1.92. The number of fused-ring (bicyclic) bond motifs is 2. The summed E-state index contributed by atoms with van der Waals surface area (Å²) in [6, 6.07) is 14.0. The van der Waals surface area contributed by atoms with E-state index in [1.54, 1.807) is 21.7 Å². The molecular formula is C32H39ClN8O3. The third kappa shape index (κ3) is 7.63. The fourth-order valence-electron chi connectivity index (χ4n) is 5.54. The molecular weight excluding hydrogens is 580 g/mol. The van der Waals surface area contributed by atoms with Crippen LogP contribution in [0.2, 0.25) is 5.02 Å². The smallest absolute Gasteiger partial charge is 0.243 e. The van der Waals surface area contributed by atoms with Gasteiger partial charge in [0.05, 0.1) is 30.0 Å². The van der Waals surface area contributed by atoms with E-state index in [4.69, 9.17) is 16.6 Å². The predicted molar refractivity (Wildman–Crippen MR) is 168 cm³/mol. The number of halogens is 1. The van der Waals surface area contributed by atoms with Crippen molar-refractivity contribution in [3.8, 4) is 0 Å². The van der Waals surface area contributed by atoms with E-state index in [1.165, 1.54) is 0 Å². The Morgan fingerprint density at radius 3 is 2.64 bits per heavy atom. The van der Waals surface area contributed by atoms with Crippen molar-refractivity contribution in [2.45, 2.75) is 71.5 Å². The second kappa shape index (κ2) is 14.0. The molecule has 0 radical (unpaired) electrons. The quantitative estimate of drug-likeness (QED) is 0.300. The van der Waals surface area contributed by atoms with Gasteiger partial charge in [0.1, 0.15) is 23.5 Å². The molecule has 12 heteroatoms. The van der Waals surface area contributed by atoms with E-state index < -0.39 is 12.1 Å². The molecule has 3 N–H and O–H groups in total. The van der Waals surface area contributed by atoms with Crippen molar-refractivity contribution in [3.05, 3.63) is 76.6 Å². The standard InChI is InChI=1S/C32H39ClN8O3/c1-4-20(2)30-32(44)37-26(17-22-9-6-5-7-10-22)31-34-21(3)39-41(31)16-15-40(14-8-11-28(42)38-30)29(43)19-27-35-24-13-12-23(33)18-25(24)36-27/h5-7,9-10,12-13,18,20,26,30H,4,8,11,14-17,19H2,1-3H3,(H,35,36)(H,37,44)(H,38,42)/t20-,26-,30-/m0/s1. The highest BCUT2D eigenvalue weighted by Gasteiger charge is 2.31. The molecule has 4 aromatic rings. The van der Waals surface area contributed by atoms with E-state index in [-0.39, 0.29) is 36.5 Å². The minimum Gasteiger partial charge on any atom is -0.344 e. The third-order valence-corrected chi connectivity index (χ3v) is 8.34. The van der Waals surface area contributed by atoms with Gasteiger partial charge in [0.2, 0.25) is 17.7 Å². The number of hydrogen-bond acceptors (Lipinski definition) is 6. The first-order valence-electron chi connectivity index (χ1n) is 15.2. The largest absolute Gasteiger partial charge is 0.344 e. The minimum absolute atomic E-state index is 0.0739. The van der Waals surface area contributed by atoms with Crippen LogP contribution in [0.3, 0.4) is 0 Å². The van der Waals surface area contributed by atoms with Crippen molar-refractivity contribution in [1.82, 2.24) is 40.3 Å². The molecule has 0 fully saturated rings. The Hall–Kier alpha value is -4.25. The van der Waals surface area contributed by atoms with Gasteiger partial charge in [0.25, 0.3) is 0 Å². The zero-order valence-corrected chi connectivity index (χ0v) is 26.1. The summed E-state index contributed by atoms with van der Waals surface area (Å²) in [6.45, 7) is 6.86. The van der Waals surface area contributed by atoms with Gasteiger partial charge in [0.15, 0.2) is 0 Å². The van der Waals surface area contributed by atoms with Crippen molar-refractivity contribution in [3.63, 3.8) is 0 Å². The molecule has 232 valence electrons. The number of aromatic nitrogens is 5. The zero-order chi connectivity index (χ0) is 31.2. The van der Waals surface area contributed by atoms with Gasteiger partial charge in [-0.1, -0.05) is 62.2 Å². The van der Waals surface area contributed by atoms with Crippen LogP contribution in [-0.2, 0) is 33.8 Å². The summed E-state index contributed by atoms with van der Waals surface area (Å²) in [5.74, 6) is 1.05. The molecule has 1 aliphatic heterocycles. The lowest BCUT2D eigenvalue weighted by atomic mass is 9.97. The van der Waals surface area contributed by atoms with Gasteiger partial charge in [-0.15, -0.1) is 0 Å². The zero-order valence-electron chi connectivity index (χ0n) is 25.3. The van der Waals surface area contributed by atoms with Crippen molar-refractivity contribution >= 4 is 40.4 Å². The summed E-state index contributed by atoms with van der Waals surface area (Å²) in [5, 5.41) is 11.4. The summed E-state index contributed by atoms with van der Waals surface area (Å²) >= 11 is 6.13. The Kier molecular flexibility index (Phi) is 9.94. The SMILES string of the molecule is CC[C@H](C)[C@@H]1NC(=O)CCCN(C(=O)Cc2nc3ccc(Cl)cc3[nH]2)CCn2nc(C)nc2[C@H](Cc2ccccc2)NC1=O. The van der Waals surface area contributed by atoms with Crippen LogP contribution in [0, 0.1) is 12.8 Å². The molecule has 44 heavy (non-hydrogen) atoms. The number of aryl methyl sites for hydroxylation is 1. The Balaban J connectivity index is 1.44. The topological polar surface area (TPSA) is 138 Å². The molecule has 2 aromatic heterocycles. The van der Waals surface area contributed by atoms with Gasteiger partial charge >= 0.3 is 0 Å². The van der Waals surface area contributed by atoms with E-state index >= 15 is 0 Å². The van der Waals surface area contributed by atoms with Crippen molar-refractivity contribution in [2.24, 2.45) is 5.92 Å². The highest BCUT2D eigenvalue weighted by Crippen LogP contribution is 2.21. The molecule has 0 saturated carbocycles. The number of aromatic amines is 1. The first kappa shape index (κ1) is 31.2. The lowest BCUT2D eigenvalue weighted by molar-refractivity contribution is -0.132. The number of carbonyl (C=O) groups is 3. The highest BCUT2D eigenvalue weighted by molar-refractivity contribution is 6.31. The maximum absolute atomic E-state index is 13.7. The number of nitrogens with zero attached hydrogens (tertiary/aromatic N) is 5. The van der Waals surface area contributed by atoms with Crippen LogP contribution in [0.15, 0.2) is 48.5 Å². The highest BCUT2D eigenvalue weighted by atomic mass is 35.5. The Labute approximate surface area is 261 Å². The third-order valence-electron chi connectivity index (χ3n) is 8.11. The van der Waals surface area contributed by atoms with Crippen molar-refractivity contribution in [2.75, 3.05) is 13.1 Å². The maximum atomic E-state index is 13.7. The summed E-state index contributed by atoms with van der Waals surface area (Å²) in [4.78, 5) is 54.6. The first-order valence-corrected chi connectivity index (χ1v) is 15.5. The van der Waals surface area contributed by atoms with Gasteiger partial charge in [-0.3, -0.25) is 14.4 Å². The lowest BCUT2D eigenvalue weighted by Crippen LogP contribution is -2.51. The second-order valence-corrected chi connectivity index (χ2v) is 11.9. The molecule has 0 unspecified atom stereocenters. The maximum Gasteiger partial charge on any atom is 0.243 e. The molecule has 0 bridgehead atoms. The van der Waals surface area contributed by atoms with E-state index in [2.05, 4.69) is 25.7 Å². The molecule has 3 heterocycles. The Bertz CT molecular complexity index is 1620. The molecule has 0 spiro atoms. The van der Waals surface area contributed by atoms with Gasteiger partial charge in [-0.05, 0) is 49.4 Å². The molecule has 1 aliphatic rings. The molecule has 2 aromatic carbocycles. The lowest BCUT2D eigenvalue weighted by Gasteiger charge is -2.28. The molecule has 3 atom stereocenters. The van der Waals surface area contributed by atoms with E-state index in [1.807, 2.05) is 57.2 Å². The first-order chi connectivity index (χ1) is 21.2. The fraction of sp³-hybridized carbons (Fsp3) is 0.438. The fourth-order valence-corrected chi connectivity index (χ4v) is 5.71. The van der Waals surface area contributed by atoms with Crippen LogP contribution in [0.5, 0.6) is 0 Å². The molecule has 3 amide bonds. The van der Waals surface area contributed by atoms with E-state index in [0.29, 0.717) is 61.4 Å². The van der Waals surface area contributed by atoms with Crippen LogP contribution >= 0.6 is 11.6 Å². The van der Waals surface area contributed by atoms with Crippen molar-refractivity contribution < 1.29 is 14.4 Å². The molecule has 0 aliphatic carbocycles. The van der Waals surface area contributed by atoms with Crippen LogP contribution in [-0.4, -0.2) is 66.5 Å². The van der Waals surface area contributed by atoms with Crippen molar-refractivity contribution in [1.29, 1.82) is 0 Å². The van der Waals surface area contributed by atoms with Gasteiger partial charge < -0.3 is 20.5 Å². The van der Waals surface area contributed by atoms with Gasteiger partial charge in [-0.2, -0.15) is 5.10 Å². The monoisotopic (exact) mass is 618 g/mol. The normalized spacial score (nSPS) is 19.1. The predicted octanol–water partition coefficient (Wildman–Crippen LogP) is 3.91. The van der Waals surface area contributed by atoms with E-state index in [0.717, 1.165) is 16.6 Å². The number of carbonyl (C=O) groups excluding carboxylic acids is 3. The van der Waals surface area contributed by atoms with Gasteiger partial charge in [0, 0.05) is 24.5 Å². The van der Waals surface area contributed by atoms with Gasteiger partial charge in [-0.25, -0.2) is 14.6 Å². The number of imidazole rings is 1. The average molecular weight is 619 g/mol. The summed E-state index contributed by atoms with van der Waals surface area (Å²) < 4.78 is 1.79. The van der Waals surface area contributed by atoms with E-state index in [9.17, 15) is 14.4 Å². The van der Waals surface area contributed by atoms with Crippen LogP contribution in [0.25, 0.3) is 11.0 Å².